The molecule has 0 aliphatic rings. The van der Waals surface area contributed by atoms with Crippen LogP contribution in [0.2, 0.25) is 0 Å². The summed E-state index contributed by atoms with van der Waals surface area (Å²) in [6.45, 7) is 3.89. The van der Waals surface area contributed by atoms with E-state index in [4.69, 9.17) is 14.2 Å². The molecule has 0 radical (unpaired) electrons. The molecule has 0 saturated heterocycles. The van der Waals surface area contributed by atoms with Crippen molar-refractivity contribution < 1.29 is 23.8 Å². The van der Waals surface area contributed by atoms with Gasteiger partial charge in [-0.05, 0) is 25.0 Å². The molecular weight excluding hydrogens is 404 g/mol. The lowest BCUT2D eigenvalue weighted by atomic mass is 10.0. The fourth-order valence-corrected chi connectivity index (χ4v) is 4.19. The van der Waals surface area contributed by atoms with Gasteiger partial charge in [-0.15, -0.1) is 0 Å². The van der Waals surface area contributed by atoms with Crippen LogP contribution in [0.1, 0.15) is 16.7 Å². The van der Waals surface area contributed by atoms with Crippen LogP contribution in [-0.4, -0.2) is 37.8 Å². The van der Waals surface area contributed by atoms with Crippen LogP contribution in [0.4, 0.5) is 0 Å². The molecule has 0 aliphatic heterocycles. The first kappa shape index (κ1) is 21.6. The minimum atomic E-state index is -0.437. The van der Waals surface area contributed by atoms with Crippen LogP contribution < -0.4 is 14.3 Å². The minimum Gasteiger partial charge on any atom is -0.493 e. The molecule has 30 heavy (non-hydrogen) atoms. The fraction of sp³-hybridized carbons (Fsp3) is 0.318. The topological polar surface area (TPSA) is 79.1 Å². The monoisotopic (exact) mass is 428 g/mol. The number of benzene rings is 2. The molecule has 8 heteroatoms. The molecular formula is C22H24N2O5S. The van der Waals surface area contributed by atoms with Crippen molar-refractivity contribution >= 4 is 33.4 Å². The van der Waals surface area contributed by atoms with Gasteiger partial charge in [-0.3, -0.25) is 9.59 Å². The van der Waals surface area contributed by atoms with Crippen molar-refractivity contribution in [3.63, 3.8) is 0 Å². The average molecular weight is 429 g/mol. The minimum absolute atomic E-state index is 0.0679. The largest absolute Gasteiger partial charge is 0.493 e. The highest BCUT2D eigenvalue weighted by Gasteiger charge is 2.16. The lowest BCUT2D eigenvalue weighted by Crippen LogP contribution is -2.22. The normalized spacial score (nSPS) is 11.6. The smallest absolute Gasteiger partial charge is 0.325 e. The second-order valence-corrected chi connectivity index (χ2v) is 7.84. The maximum atomic E-state index is 12.7. The van der Waals surface area contributed by atoms with E-state index in [2.05, 4.69) is 4.99 Å². The molecule has 0 N–H and O–H groups in total. The highest BCUT2D eigenvalue weighted by molar-refractivity contribution is 7.16. The number of rotatable bonds is 6. The third-order valence-electron chi connectivity index (χ3n) is 4.77. The third kappa shape index (κ3) is 4.54. The summed E-state index contributed by atoms with van der Waals surface area (Å²) in [4.78, 5) is 29.5. The number of thiazole rings is 1. The van der Waals surface area contributed by atoms with Crippen LogP contribution in [0.25, 0.3) is 10.2 Å². The van der Waals surface area contributed by atoms with Crippen LogP contribution in [0.5, 0.6) is 11.5 Å². The van der Waals surface area contributed by atoms with Crippen molar-refractivity contribution in [1.82, 2.24) is 4.57 Å². The molecule has 158 valence electrons. The summed E-state index contributed by atoms with van der Waals surface area (Å²) in [5.74, 6) is 0.361. The second kappa shape index (κ2) is 9.13. The van der Waals surface area contributed by atoms with Gasteiger partial charge in [-0.2, -0.15) is 4.99 Å². The molecule has 0 bridgehead atoms. The van der Waals surface area contributed by atoms with Gasteiger partial charge in [0, 0.05) is 12.1 Å². The first-order valence-electron chi connectivity index (χ1n) is 9.32. The molecule has 0 unspecified atom stereocenters. The summed E-state index contributed by atoms with van der Waals surface area (Å²) in [6, 6.07) is 9.57. The fourth-order valence-electron chi connectivity index (χ4n) is 3.13. The Hall–Kier alpha value is -3.13. The summed E-state index contributed by atoms with van der Waals surface area (Å²) >= 11 is 1.30. The lowest BCUT2D eigenvalue weighted by molar-refractivity contribution is -0.141. The standard InChI is InChI=1S/C22H24N2O5S/c1-13-6-7-14(2)15(8-13)9-20(25)23-22-24(12-21(26)29-5)16-10-17(27-3)18(28-4)11-19(16)30-22/h6-8,10-11H,9,12H2,1-5H3. The van der Waals surface area contributed by atoms with Gasteiger partial charge >= 0.3 is 5.97 Å². The van der Waals surface area contributed by atoms with Gasteiger partial charge in [0.05, 0.1) is 38.0 Å². The number of aromatic nitrogens is 1. The summed E-state index contributed by atoms with van der Waals surface area (Å²) in [5, 5.41) is 0. The summed E-state index contributed by atoms with van der Waals surface area (Å²) < 4.78 is 18.0. The van der Waals surface area contributed by atoms with E-state index in [1.165, 1.54) is 18.4 Å². The van der Waals surface area contributed by atoms with Crippen LogP contribution in [0.3, 0.4) is 0 Å². The Morgan fingerprint density at radius 2 is 1.73 bits per heavy atom. The summed E-state index contributed by atoms with van der Waals surface area (Å²) in [7, 11) is 4.42. The molecule has 1 amide bonds. The number of amides is 1. The number of nitrogens with zero attached hydrogens (tertiary/aromatic N) is 2. The molecule has 1 aromatic heterocycles. The molecule has 7 nitrogen and oxygen atoms in total. The maximum absolute atomic E-state index is 12.7. The number of fused-ring (bicyclic) bond motifs is 1. The van der Waals surface area contributed by atoms with Gasteiger partial charge in [0.25, 0.3) is 5.91 Å². The number of hydrogen-bond donors (Lipinski definition) is 0. The van der Waals surface area contributed by atoms with E-state index in [1.54, 1.807) is 30.9 Å². The molecule has 0 aliphatic carbocycles. The molecule has 3 rings (SSSR count). The van der Waals surface area contributed by atoms with Gasteiger partial charge < -0.3 is 18.8 Å². The van der Waals surface area contributed by atoms with E-state index in [0.717, 1.165) is 21.4 Å². The van der Waals surface area contributed by atoms with Gasteiger partial charge in [0.1, 0.15) is 6.54 Å². The Bertz CT molecular complexity index is 1180. The van der Waals surface area contributed by atoms with Crippen molar-refractivity contribution in [2.24, 2.45) is 4.99 Å². The van der Waals surface area contributed by atoms with E-state index in [9.17, 15) is 9.59 Å². The predicted molar refractivity (Wildman–Crippen MR) is 115 cm³/mol. The van der Waals surface area contributed by atoms with Crippen LogP contribution >= 0.6 is 11.3 Å². The van der Waals surface area contributed by atoms with Crippen molar-refractivity contribution in [3.8, 4) is 11.5 Å². The van der Waals surface area contributed by atoms with Crippen LogP contribution in [0.15, 0.2) is 35.3 Å². The first-order valence-corrected chi connectivity index (χ1v) is 10.1. The van der Waals surface area contributed by atoms with Crippen LogP contribution in [-0.2, 0) is 27.3 Å². The molecule has 3 aromatic rings. The van der Waals surface area contributed by atoms with E-state index in [1.807, 2.05) is 32.0 Å². The number of methoxy groups -OCH3 is 3. The number of carbonyl (C=O) groups excluding carboxylic acids is 2. The Labute approximate surface area is 178 Å². The highest BCUT2D eigenvalue weighted by Crippen LogP contribution is 2.33. The van der Waals surface area contributed by atoms with Crippen molar-refractivity contribution in [1.29, 1.82) is 0 Å². The lowest BCUT2D eigenvalue weighted by Gasteiger charge is -2.09. The molecule has 0 fully saturated rings. The van der Waals surface area contributed by atoms with Gasteiger partial charge in [-0.25, -0.2) is 0 Å². The number of hydrogen-bond acceptors (Lipinski definition) is 6. The molecule has 0 spiro atoms. The number of carbonyl (C=O) groups is 2. The molecule has 0 saturated carbocycles. The van der Waals surface area contributed by atoms with E-state index in [-0.39, 0.29) is 18.9 Å². The number of aryl methyl sites for hydroxylation is 2. The van der Waals surface area contributed by atoms with Gasteiger partial charge in [-0.1, -0.05) is 35.1 Å². The quantitative estimate of drug-likeness (QED) is 0.564. The van der Waals surface area contributed by atoms with E-state index in [0.29, 0.717) is 21.8 Å². The summed E-state index contributed by atoms with van der Waals surface area (Å²) in [6.07, 6.45) is 0.187. The van der Waals surface area contributed by atoms with Gasteiger partial charge in [0.15, 0.2) is 16.3 Å². The SMILES string of the molecule is COC(=O)Cn1c(=NC(=O)Cc2cc(C)ccc2C)sc2cc(OC)c(OC)cc21. The van der Waals surface area contributed by atoms with Crippen molar-refractivity contribution in [2.75, 3.05) is 21.3 Å². The molecule has 2 aromatic carbocycles. The third-order valence-corrected chi connectivity index (χ3v) is 5.81. The average Bonchev–Trinajstić information content (AvgIpc) is 3.05. The zero-order valence-corrected chi connectivity index (χ0v) is 18.5. The zero-order valence-electron chi connectivity index (χ0n) is 17.6. The second-order valence-electron chi connectivity index (χ2n) is 6.83. The Balaban J connectivity index is 2.10. The van der Waals surface area contributed by atoms with Crippen molar-refractivity contribution in [3.05, 3.63) is 51.8 Å². The van der Waals surface area contributed by atoms with E-state index >= 15 is 0 Å². The first-order chi connectivity index (χ1) is 14.4. The highest BCUT2D eigenvalue weighted by atomic mass is 32.1. The van der Waals surface area contributed by atoms with E-state index < -0.39 is 5.97 Å². The Kier molecular flexibility index (Phi) is 6.56. The Morgan fingerprint density at radius 1 is 1.03 bits per heavy atom. The molecule has 0 atom stereocenters. The van der Waals surface area contributed by atoms with Crippen molar-refractivity contribution in [2.45, 2.75) is 26.8 Å². The molecule has 1 heterocycles. The summed E-state index contributed by atoms with van der Waals surface area (Å²) in [5.41, 5.74) is 3.77. The van der Waals surface area contributed by atoms with Gasteiger partial charge in [0.2, 0.25) is 0 Å². The predicted octanol–water partition coefficient (Wildman–Crippen LogP) is 3.18. The number of esters is 1. The number of ether oxygens (including phenoxy) is 3. The zero-order chi connectivity index (χ0) is 21.8. The maximum Gasteiger partial charge on any atom is 0.325 e. The Morgan fingerprint density at radius 3 is 2.40 bits per heavy atom. The van der Waals surface area contributed by atoms with Crippen LogP contribution in [0, 0.1) is 13.8 Å².